The molecule has 0 aliphatic carbocycles. The molecule has 0 radical (unpaired) electrons. The van der Waals surface area contributed by atoms with Gasteiger partial charge in [-0.3, -0.25) is 9.59 Å². The summed E-state index contributed by atoms with van der Waals surface area (Å²) in [5, 5.41) is 5.57. The van der Waals surface area contributed by atoms with Crippen molar-refractivity contribution in [2.24, 2.45) is 0 Å². The van der Waals surface area contributed by atoms with Crippen LogP contribution in [0.3, 0.4) is 0 Å². The molecule has 0 aliphatic rings. The predicted octanol–water partition coefficient (Wildman–Crippen LogP) is 7.84. The van der Waals surface area contributed by atoms with Crippen LogP contribution in [0.1, 0.15) is 52.1 Å². The zero-order chi connectivity index (χ0) is 25.5. The number of aryl methyl sites for hydroxylation is 1. The van der Waals surface area contributed by atoms with Crippen molar-refractivity contribution in [3.05, 3.63) is 125 Å². The maximum atomic E-state index is 13.3. The molecule has 1 unspecified atom stereocenters. The highest BCUT2D eigenvalue weighted by atomic mass is 32.2. The topological polar surface area (TPSA) is 58.2 Å². The van der Waals surface area contributed by atoms with E-state index in [4.69, 9.17) is 0 Å². The number of benzene rings is 4. The Hall–Kier alpha value is -3.83. The molecule has 0 aromatic heterocycles. The minimum atomic E-state index is -0.427. The third-order valence-corrected chi connectivity index (χ3v) is 7.13. The van der Waals surface area contributed by atoms with Crippen molar-refractivity contribution in [1.29, 1.82) is 0 Å². The summed E-state index contributed by atoms with van der Waals surface area (Å²) in [4.78, 5) is 26.8. The molecule has 1 atom stereocenters. The summed E-state index contributed by atoms with van der Waals surface area (Å²) in [6.45, 7) is 6.28. The number of rotatable bonds is 8. The van der Waals surface area contributed by atoms with Crippen LogP contribution in [-0.4, -0.2) is 11.8 Å². The van der Waals surface area contributed by atoms with Gasteiger partial charge in [-0.15, -0.1) is 11.8 Å². The molecular weight excluding hydrogens is 464 g/mol. The van der Waals surface area contributed by atoms with E-state index in [1.807, 2.05) is 97.9 Å². The second-order valence-corrected chi connectivity index (χ2v) is 10.2. The zero-order valence-electron chi connectivity index (χ0n) is 20.7. The maximum Gasteiger partial charge on any atom is 0.255 e. The first-order chi connectivity index (χ1) is 17.4. The standard InChI is InChI=1S/C31H30N2O2S/c1-21(2)23-13-15-26(16-14-23)33-31(35)29(24-7-5-4-6-8-24)36-28-19-17-27(18-20-28)32-30(34)25-11-9-22(3)10-12-25/h4-21,29H,1-3H3,(H,32,34)(H,33,35). The fourth-order valence-corrected chi connectivity index (χ4v) is 4.75. The van der Waals surface area contributed by atoms with Crippen LogP contribution in [0.2, 0.25) is 0 Å². The zero-order valence-corrected chi connectivity index (χ0v) is 21.5. The Morgan fingerprint density at radius 2 is 1.25 bits per heavy atom. The van der Waals surface area contributed by atoms with Gasteiger partial charge in [0.15, 0.2) is 0 Å². The van der Waals surface area contributed by atoms with Crippen molar-refractivity contribution in [2.75, 3.05) is 10.6 Å². The van der Waals surface area contributed by atoms with E-state index in [0.29, 0.717) is 17.2 Å². The highest BCUT2D eigenvalue weighted by Gasteiger charge is 2.22. The third-order valence-electron chi connectivity index (χ3n) is 5.87. The van der Waals surface area contributed by atoms with Crippen LogP contribution in [-0.2, 0) is 4.79 Å². The molecule has 4 nitrogen and oxygen atoms in total. The lowest BCUT2D eigenvalue weighted by Gasteiger charge is -2.18. The van der Waals surface area contributed by atoms with Gasteiger partial charge >= 0.3 is 0 Å². The molecule has 0 heterocycles. The second-order valence-electron chi connectivity index (χ2n) is 9.02. The van der Waals surface area contributed by atoms with Gasteiger partial charge in [0.1, 0.15) is 5.25 Å². The molecule has 5 heteroatoms. The van der Waals surface area contributed by atoms with Crippen LogP contribution < -0.4 is 10.6 Å². The largest absolute Gasteiger partial charge is 0.325 e. The molecule has 0 spiro atoms. The van der Waals surface area contributed by atoms with Crippen molar-refractivity contribution < 1.29 is 9.59 Å². The Morgan fingerprint density at radius 3 is 1.86 bits per heavy atom. The van der Waals surface area contributed by atoms with Crippen LogP contribution in [0.4, 0.5) is 11.4 Å². The molecule has 2 N–H and O–H groups in total. The summed E-state index contributed by atoms with van der Waals surface area (Å²) in [5.41, 5.74) is 5.36. The van der Waals surface area contributed by atoms with E-state index in [-0.39, 0.29) is 11.8 Å². The van der Waals surface area contributed by atoms with Gasteiger partial charge in [0.2, 0.25) is 5.91 Å². The van der Waals surface area contributed by atoms with Crippen molar-refractivity contribution in [2.45, 2.75) is 36.8 Å². The maximum absolute atomic E-state index is 13.3. The van der Waals surface area contributed by atoms with E-state index in [9.17, 15) is 9.59 Å². The van der Waals surface area contributed by atoms with E-state index in [1.165, 1.54) is 17.3 Å². The second kappa shape index (κ2) is 11.7. The van der Waals surface area contributed by atoms with Gasteiger partial charge in [-0.1, -0.05) is 74.0 Å². The van der Waals surface area contributed by atoms with Crippen molar-refractivity contribution in [3.63, 3.8) is 0 Å². The van der Waals surface area contributed by atoms with Gasteiger partial charge < -0.3 is 10.6 Å². The van der Waals surface area contributed by atoms with E-state index in [0.717, 1.165) is 21.7 Å². The summed E-state index contributed by atoms with van der Waals surface area (Å²) in [5.74, 6) is 0.202. The lowest BCUT2D eigenvalue weighted by Crippen LogP contribution is -2.19. The Kier molecular flexibility index (Phi) is 8.24. The quantitative estimate of drug-likeness (QED) is 0.245. The first-order valence-corrected chi connectivity index (χ1v) is 12.9. The van der Waals surface area contributed by atoms with Crippen molar-refractivity contribution in [3.8, 4) is 0 Å². The van der Waals surface area contributed by atoms with Crippen LogP contribution in [0, 0.1) is 6.92 Å². The number of amides is 2. The average molecular weight is 495 g/mol. The summed E-state index contributed by atoms with van der Waals surface area (Å²) >= 11 is 1.48. The van der Waals surface area contributed by atoms with Gasteiger partial charge in [0, 0.05) is 21.8 Å². The fourth-order valence-electron chi connectivity index (χ4n) is 3.72. The first kappa shape index (κ1) is 25.3. The normalized spacial score (nSPS) is 11.7. The van der Waals surface area contributed by atoms with Gasteiger partial charge in [0.25, 0.3) is 5.91 Å². The number of hydrogen-bond acceptors (Lipinski definition) is 3. The Morgan fingerprint density at radius 1 is 0.667 bits per heavy atom. The van der Waals surface area contributed by atoms with Gasteiger partial charge in [-0.05, 0) is 72.5 Å². The minimum Gasteiger partial charge on any atom is -0.325 e. The SMILES string of the molecule is Cc1ccc(C(=O)Nc2ccc(SC(C(=O)Nc3ccc(C(C)C)cc3)c3ccccc3)cc2)cc1. The van der Waals surface area contributed by atoms with Crippen LogP contribution >= 0.6 is 11.8 Å². The molecular formula is C31H30N2O2S. The Balaban J connectivity index is 1.47. The number of thioether (sulfide) groups is 1. The van der Waals surface area contributed by atoms with E-state index in [1.54, 1.807) is 0 Å². The molecule has 4 aromatic carbocycles. The lowest BCUT2D eigenvalue weighted by molar-refractivity contribution is -0.115. The van der Waals surface area contributed by atoms with E-state index < -0.39 is 5.25 Å². The summed E-state index contributed by atoms with van der Waals surface area (Å²) in [7, 11) is 0. The number of nitrogens with one attached hydrogen (secondary N) is 2. The van der Waals surface area contributed by atoms with Gasteiger partial charge in [-0.25, -0.2) is 0 Å². The van der Waals surface area contributed by atoms with E-state index >= 15 is 0 Å². The van der Waals surface area contributed by atoms with Gasteiger partial charge in [0.05, 0.1) is 0 Å². The Bertz CT molecular complexity index is 1300. The Labute approximate surface area is 217 Å². The molecule has 0 saturated carbocycles. The molecule has 0 fully saturated rings. The van der Waals surface area contributed by atoms with Crippen LogP contribution in [0.25, 0.3) is 0 Å². The molecule has 4 rings (SSSR count). The molecule has 4 aromatic rings. The minimum absolute atomic E-state index is 0.0831. The smallest absolute Gasteiger partial charge is 0.255 e. The molecule has 0 saturated heterocycles. The van der Waals surface area contributed by atoms with Crippen molar-refractivity contribution >= 4 is 35.0 Å². The van der Waals surface area contributed by atoms with Crippen molar-refractivity contribution in [1.82, 2.24) is 0 Å². The van der Waals surface area contributed by atoms with Crippen LogP contribution in [0.5, 0.6) is 0 Å². The monoisotopic (exact) mass is 494 g/mol. The molecule has 0 aliphatic heterocycles. The average Bonchev–Trinajstić information content (AvgIpc) is 2.89. The first-order valence-electron chi connectivity index (χ1n) is 12.0. The summed E-state index contributed by atoms with van der Waals surface area (Å²) in [6.07, 6.45) is 0. The number of carbonyl (C=O) groups excluding carboxylic acids is 2. The molecule has 36 heavy (non-hydrogen) atoms. The number of anilines is 2. The molecule has 182 valence electrons. The third kappa shape index (κ3) is 6.64. The summed E-state index contributed by atoms with van der Waals surface area (Å²) in [6, 6.07) is 32.8. The van der Waals surface area contributed by atoms with Gasteiger partial charge in [-0.2, -0.15) is 0 Å². The highest BCUT2D eigenvalue weighted by molar-refractivity contribution is 8.00. The fraction of sp³-hybridized carbons (Fsp3) is 0.161. The lowest BCUT2D eigenvalue weighted by atomic mass is 10.0. The number of carbonyl (C=O) groups is 2. The molecule has 2 amide bonds. The molecule has 0 bridgehead atoms. The van der Waals surface area contributed by atoms with E-state index in [2.05, 4.69) is 36.6 Å². The summed E-state index contributed by atoms with van der Waals surface area (Å²) < 4.78 is 0. The predicted molar refractivity (Wildman–Crippen MR) is 150 cm³/mol. The number of hydrogen-bond donors (Lipinski definition) is 2. The van der Waals surface area contributed by atoms with Crippen LogP contribution in [0.15, 0.2) is 108 Å². The highest BCUT2D eigenvalue weighted by Crippen LogP contribution is 2.37.